The van der Waals surface area contributed by atoms with Crippen LogP contribution in [0.25, 0.3) is 22.2 Å². The maximum Gasteiger partial charge on any atom is 0.133 e. The van der Waals surface area contributed by atoms with Crippen molar-refractivity contribution in [2.24, 2.45) is 0 Å². The van der Waals surface area contributed by atoms with Crippen LogP contribution in [0, 0.1) is 12.7 Å². The quantitative estimate of drug-likeness (QED) is 0.422. The van der Waals surface area contributed by atoms with Crippen LogP contribution in [0.5, 0.6) is 5.75 Å². The Morgan fingerprint density at radius 2 is 1.78 bits per heavy atom. The van der Waals surface area contributed by atoms with Crippen LogP contribution < -0.4 is 0 Å². The number of benzene rings is 3. The van der Waals surface area contributed by atoms with Gasteiger partial charge in [0.15, 0.2) is 0 Å². The number of rotatable bonds is 4. The SMILES string of the molecule is Cc1cc(-c2ccc(SCc3ccccc3)cc2F)nc2cc(O)ccc12. The van der Waals surface area contributed by atoms with E-state index in [1.165, 1.54) is 5.56 Å². The van der Waals surface area contributed by atoms with Crippen LogP contribution in [0.3, 0.4) is 0 Å². The minimum absolute atomic E-state index is 0.152. The van der Waals surface area contributed by atoms with E-state index in [1.807, 2.05) is 43.3 Å². The fourth-order valence-corrected chi connectivity index (χ4v) is 3.94. The number of aromatic hydroxyl groups is 1. The van der Waals surface area contributed by atoms with Crippen molar-refractivity contribution < 1.29 is 9.50 Å². The molecule has 0 saturated carbocycles. The van der Waals surface area contributed by atoms with Crippen molar-refractivity contribution in [3.05, 3.63) is 89.7 Å². The summed E-state index contributed by atoms with van der Waals surface area (Å²) in [5.41, 5.74) is 3.90. The van der Waals surface area contributed by atoms with E-state index in [2.05, 4.69) is 17.1 Å². The molecule has 1 heterocycles. The van der Waals surface area contributed by atoms with Crippen molar-refractivity contribution in [2.45, 2.75) is 17.6 Å². The Morgan fingerprint density at radius 3 is 2.56 bits per heavy atom. The van der Waals surface area contributed by atoms with Gasteiger partial charge in [0.05, 0.1) is 11.2 Å². The number of fused-ring (bicyclic) bond motifs is 1. The molecule has 3 aromatic carbocycles. The van der Waals surface area contributed by atoms with Gasteiger partial charge >= 0.3 is 0 Å². The van der Waals surface area contributed by atoms with E-state index >= 15 is 0 Å². The molecule has 0 saturated heterocycles. The van der Waals surface area contributed by atoms with Crippen LogP contribution in [-0.4, -0.2) is 10.1 Å². The van der Waals surface area contributed by atoms with Crippen LogP contribution in [-0.2, 0) is 5.75 Å². The van der Waals surface area contributed by atoms with Crippen LogP contribution in [0.2, 0.25) is 0 Å². The van der Waals surface area contributed by atoms with Gasteiger partial charge in [-0.25, -0.2) is 9.37 Å². The normalized spacial score (nSPS) is 11.0. The highest BCUT2D eigenvalue weighted by atomic mass is 32.2. The van der Waals surface area contributed by atoms with E-state index in [4.69, 9.17) is 0 Å². The monoisotopic (exact) mass is 375 g/mol. The molecule has 0 atom stereocenters. The van der Waals surface area contributed by atoms with Crippen molar-refractivity contribution >= 4 is 22.7 Å². The van der Waals surface area contributed by atoms with Gasteiger partial charge in [0.25, 0.3) is 0 Å². The van der Waals surface area contributed by atoms with Crippen LogP contribution in [0.15, 0.2) is 77.7 Å². The summed E-state index contributed by atoms with van der Waals surface area (Å²) >= 11 is 1.61. The van der Waals surface area contributed by atoms with E-state index in [0.717, 1.165) is 21.6 Å². The molecule has 4 rings (SSSR count). The summed E-state index contributed by atoms with van der Waals surface area (Å²) < 4.78 is 14.8. The molecular weight excluding hydrogens is 357 g/mol. The number of aromatic nitrogens is 1. The molecule has 0 spiro atoms. The lowest BCUT2D eigenvalue weighted by Crippen LogP contribution is -1.92. The molecule has 1 aromatic heterocycles. The van der Waals surface area contributed by atoms with E-state index in [0.29, 0.717) is 16.8 Å². The average molecular weight is 375 g/mol. The summed E-state index contributed by atoms with van der Waals surface area (Å²) in [6.45, 7) is 1.96. The van der Waals surface area contributed by atoms with Crippen LogP contribution >= 0.6 is 11.8 Å². The molecule has 2 nitrogen and oxygen atoms in total. The number of halogens is 1. The highest BCUT2D eigenvalue weighted by Crippen LogP contribution is 2.31. The van der Waals surface area contributed by atoms with Gasteiger partial charge in [-0.1, -0.05) is 30.3 Å². The summed E-state index contributed by atoms with van der Waals surface area (Å²) in [6, 6.07) is 22.3. The second kappa shape index (κ2) is 7.41. The van der Waals surface area contributed by atoms with Crippen LogP contribution in [0.4, 0.5) is 4.39 Å². The Hall–Kier alpha value is -2.85. The summed E-state index contributed by atoms with van der Waals surface area (Å²) in [7, 11) is 0. The number of nitrogens with zero attached hydrogens (tertiary/aromatic N) is 1. The van der Waals surface area contributed by atoms with Gasteiger partial charge < -0.3 is 5.11 Å². The summed E-state index contributed by atoms with van der Waals surface area (Å²) in [6.07, 6.45) is 0. The number of phenolic OH excluding ortho intramolecular Hbond substituents is 1. The zero-order chi connectivity index (χ0) is 18.8. The van der Waals surface area contributed by atoms with Crippen molar-refractivity contribution in [2.75, 3.05) is 0 Å². The average Bonchev–Trinajstić information content (AvgIpc) is 2.67. The first-order valence-electron chi connectivity index (χ1n) is 8.67. The first kappa shape index (κ1) is 17.6. The van der Waals surface area contributed by atoms with Gasteiger partial charge in [-0.3, -0.25) is 0 Å². The third kappa shape index (κ3) is 3.81. The minimum atomic E-state index is -0.292. The lowest BCUT2D eigenvalue weighted by Gasteiger charge is -2.09. The maximum atomic E-state index is 14.8. The lowest BCUT2D eigenvalue weighted by atomic mass is 10.0. The summed E-state index contributed by atoms with van der Waals surface area (Å²) in [5, 5.41) is 10.7. The number of hydrogen-bond donors (Lipinski definition) is 1. The van der Waals surface area contributed by atoms with Crippen molar-refractivity contribution in [3.63, 3.8) is 0 Å². The molecule has 0 bridgehead atoms. The number of aryl methyl sites for hydroxylation is 1. The van der Waals surface area contributed by atoms with Gasteiger partial charge in [0, 0.05) is 27.7 Å². The Balaban J connectivity index is 1.63. The van der Waals surface area contributed by atoms with E-state index in [-0.39, 0.29) is 11.6 Å². The summed E-state index contributed by atoms with van der Waals surface area (Å²) in [5.74, 6) is 0.658. The molecule has 4 heteroatoms. The first-order chi connectivity index (χ1) is 13.1. The molecule has 0 radical (unpaired) electrons. The van der Waals surface area contributed by atoms with Crippen molar-refractivity contribution in [1.82, 2.24) is 4.98 Å². The van der Waals surface area contributed by atoms with Crippen LogP contribution in [0.1, 0.15) is 11.1 Å². The maximum absolute atomic E-state index is 14.8. The fourth-order valence-electron chi connectivity index (χ4n) is 3.06. The minimum Gasteiger partial charge on any atom is -0.508 e. The molecule has 0 aliphatic carbocycles. The smallest absolute Gasteiger partial charge is 0.133 e. The van der Waals surface area contributed by atoms with Crippen molar-refractivity contribution in [3.8, 4) is 17.0 Å². The third-order valence-corrected chi connectivity index (χ3v) is 5.53. The zero-order valence-corrected chi connectivity index (χ0v) is 15.6. The molecule has 0 aliphatic heterocycles. The molecule has 0 amide bonds. The van der Waals surface area contributed by atoms with Gasteiger partial charge in [0.1, 0.15) is 11.6 Å². The molecule has 27 heavy (non-hydrogen) atoms. The molecule has 0 unspecified atom stereocenters. The number of phenols is 1. The Labute approximate surface area is 161 Å². The Morgan fingerprint density at radius 1 is 0.963 bits per heavy atom. The molecular formula is C23H18FNOS. The Kier molecular flexibility index (Phi) is 4.82. The molecule has 1 N–H and O–H groups in total. The highest BCUT2D eigenvalue weighted by Gasteiger charge is 2.11. The Bertz CT molecular complexity index is 1110. The standard InChI is InChI=1S/C23H18FNOS/c1-15-11-22(25-23-12-17(26)7-9-19(15)23)20-10-8-18(13-21(20)24)27-14-16-5-3-2-4-6-16/h2-13,26H,14H2,1H3. The molecule has 134 valence electrons. The lowest BCUT2D eigenvalue weighted by molar-refractivity contribution is 0.476. The van der Waals surface area contributed by atoms with E-state index in [9.17, 15) is 9.50 Å². The van der Waals surface area contributed by atoms with Crippen molar-refractivity contribution in [1.29, 1.82) is 0 Å². The second-order valence-electron chi connectivity index (χ2n) is 6.44. The highest BCUT2D eigenvalue weighted by molar-refractivity contribution is 7.98. The number of thioether (sulfide) groups is 1. The molecule has 4 aromatic rings. The molecule has 0 aliphatic rings. The first-order valence-corrected chi connectivity index (χ1v) is 9.66. The van der Waals surface area contributed by atoms with Gasteiger partial charge in [0.2, 0.25) is 0 Å². The molecule has 0 fully saturated rings. The van der Waals surface area contributed by atoms with Gasteiger partial charge in [-0.05, 0) is 54.4 Å². The fraction of sp³-hybridized carbons (Fsp3) is 0.0870. The third-order valence-electron chi connectivity index (χ3n) is 4.47. The van der Waals surface area contributed by atoms with E-state index < -0.39 is 0 Å². The predicted octanol–water partition coefficient (Wildman–Crippen LogP) is 6.35. The van der Waals surface area contributed by atoms with Gasteiger partial charge in [-0.2, -0.15) is 0 Å². The number of pyridine rings is 1. The zero-order valence-electron chi connectivity index (χ0n) is 14.8. The topological polar surface area (TPSA) is 33.1 Å². The van der Waals surface area contributed by atoms with E-state index in [1.54, 1.807) is 36.0 Å². The van der Waals surface area contributed by atoms with Gasteiger partial charge in [-0.15, -0.1) is 11.8 Å². The second-order valence-corrected chi connectivity index (χ2v) is 7.49. The predicted molar refractivity (Wildman–Crippen MR) is 110 cm³/mol. The number of hydrogen-bond acceptors (Lipinski definition) is 3. The largest absolute Gasteiger partial charge is 0.508 e. The summed E-state index contributed by atoms with van der Waals surface area (Å²) in [4.78, 5) is 5.43.